The van der Waals surface area contributed by atoms with E-state index in [1.807, 2.05) is 17.8 Å². The Balaban J connectivity index is 0.00000312. The lowest BCUT2D eigenvalue weighted by molar-refractivity contribution is -0.384. The molecule has 2 atom stereocenters. The summed E-state index contributed by atoms with van der Waals surface area (Å²) in [5, 5.41) is 18.3. The number of hydrogen-bond acceptors (Lipinski definition) is 4. The highest BCUT2D eigenvalue weighted by Gasteiger charge is 2.22. The van der Waals surface area contributed by atoms with Gasteiger partial charge >= 0.3 is 0 Å². The van der Waals surface area contributed by atoms with E-state index in [0.29, 0.717) is 12.6 Å². The number of guanidine groups is 1. The molecule has 1 aromatic carbocycles. The molecule has 2 rings (SSSR count). The first-order chi connectivity index (χ1) is 11.6. The number of aliphatic imine (C=N–C) groups is 1. The van der Waals surface area contributed by atoms with Gasteiger partial charge in [0, 0.05) is 37.0 Å². The Hall–Kier alpha value is -1.03. The molecule has 0 spiro atoms. The summed E-state index contributed by atoms with van der Waals surface area (Å²) in [4.78, 5) is 14.7. The second-order valence-corrected chi connectivity index (χ2v) is 7.52. The summed E-state index contributed by atoms with van der Waals surface area (Å²) in [6.07, 6.45) is 4.88. The van der Waals surface area contributed by atoms with Crippen molar-refractivity contribution in [3.8, 4) is 0 Å². The second kappa shape index (κ2) is 11.6. The summed E-state index contributed by atoms with van der Waals surface area (Å²) in [5.74, 6) is 1.92. The molecule has 0 saturated heterocycles. The number of hydrogen-bond donors (Lipinski definition) is 2. The van der Waals surface area contributed by atoms with E-state index in [2.05, 4.69) is 22.5 Å². The average Bonchev–Trinajstić information content (AvgIpc) is 2.59. The molecule has 1 fully saturated rings. The van der Waals surface area contributed by atoms with Crippen LogP contribution in [-0.2, 0) is 6.54 Å². The largest absolute Gasteiger partial charge is 0.354 e. The molecule has 140 valence electrons. The highest BCUT2D eigenvalue weighted by atomic mass is 127. The first-order valence-electron chi connectivity index (χ1n) is 8.44. The molecule has 1 saturated carbocycles. The standard InChI is InChI=1S/C17H26N4O2S.HI/c1-3-24-16-9-5-7-14(11-16)20-17(18-2)19-12-13-6-4-8-15(10-13)21(22)23;/h4,6,8,10,14,16H,3,5,7,9,11-12H2,1-2H3,(H2,18,19,20);1H. The molecule has 1 aliphatic carbocycles. The number of benzene rings is 1. The smallest absolute Gasteiger partial charge is 0.269 e. The molecule has 0 aromatic heterocycles. The third kappa shape index (κ3) is 7.39. The Morgan fingerprint density at radius 2 is 2.24 bits per heavy atom. The van der Waals surface area contributed by atoms with Crippen LogP contribution in [0.2, 0.25) is 0 Å². The minimum absolute atomic E-state index is 0. The molecule has 2 unspecified atom stereocenters. The quantitative estimate of drug-likeness (QED) is 0.213. The number of rotatable bonds is 6. The van der Waals surface area contributed by atoms with E-state index < -0.39 is 0 Å². The van der Waals surface area contributed by atoms with Crippen molar-refractivity contribution in [2.75, 3.05) is 12.8 Å². The van der Waals surface area contributed by atoms with Gasteiger partial charge in [0.05, 0.1) is 4.92 Å². The molecule has 6 nitrogen and oxygen atoms in total. The van der Waals surface area contributed by atoms with Crippen LogP contribution < -0.4 is 10.6 Å². The summed E-state index contributed by atoms with van der Waals surface area (Å²) in [7, 11) is 1.75. The van der Waals surface area contributed by atoms with Gasteiger partial charge in [-0.05, 0) is 30.6 Å². The lowest BCUT2D eigenvalue weighted by atomic mass is 9.95. The highest BCUT2D eigenvalue weighted by molar-refractivity contribution is 14.0. The van der Waals surface area contributed by atoms with Gasteiger partial charge in [-0.3, -0.25) is 15.1 Å². The van der Waals surface area contributed by atoms with E-state index in [1.54, 1.807) is 19.2 Å². The van der Waals surface area contributed by atoms with Crippen LogP contribution in [0.5, 0.6) is 0 Å². The minimum Gasteiger partial charge on any atom is -0.354 e. The van der Waals surface area contributed by atoms with Crippen molar-refractivity contribution in [3.05, 3.63) is 39.9 Å². The summed E-state index contributed by atoms with van der Waals surface area (Å²) >= 11 is 2.04. The maximum absolute atomic E-state index is 10.8. The van der Waals surface area contributed by atoms with E-state index in [0.717, 1.165) is 35.4 Å². The van der Waals surface area contributed by atoms with Crippen molar-refractivity contribution >= 4 is 47.4 Å². The van der Waals surface area contributed by atoms with Crippen molar-refractivity contribution in [2.24, 2.45) is 4.99 Å². The number of nitrogens with zero attached hydrogens (tertiary/aromatic N) is 2. The molecular formula is C17H27IN4O2S. The zero-order chi connectivity index (χ0) is 17.4. The molecule has 25 heavy (non-hydrogen) atoms. The average molecular weight is 478 g/mol. The van der Waals surface area contributed by atoms with Gasteiger partial charge in [-0.25, -0.2) is 0 Å². The van der Waals surface area contributed by atoms with Crippen LogP contribution in [0.15, 0.2) is 29.3 Å². The molecule has 1 aromatic rings. The van der Waals surface area contributed by atoms with Gasteiger partial charge in [0.2, 0.25) is 0 Å². The fourth-order valence-electron chi connectivity index (χ4n) is 3.02. The van der Waals surface area contributed by atoms with Crippen molar-refractivity contribution in [2.45, 2.75) is 50.4 Å². The van der Waals surface area contributed by atoms with Crippen LogP contribution in [0.3, 0.4) is 0 Å². The van der Waals surface area contributed by atoms with Gasteiger partial charge in [0.25, 0.3) is 5.69 Å². The predicted molar refractivity (Wildman–Crippen MR) is 116 cm³/mol. The summed E-state index contributed by atoms with van der Waals surface area (Å²) in [6, 6.07) is 7.12. The first-order valence-corrected chi connectivity index (χ1v) is 9.49. The monoisotopic (exact) mass is 478 g/mol. The molecule has 0 heterocycles. The van der Waals surface area contributed by atoms with Gasteiger partial charge in [0.1, 0.15) is 0 Å². The molecule has 1 aliphatic rings. The van der Waals surface area contributed by atoms with Gasteiger partial charge in [-0.2, -0.15) is 11.8 Å². The van der Waals surface area contributed by atoms with Crippen LogP contribution in [-0.4, -0.2) is 35.0 Å². The SMILES string of the molecule is CCSC1CCCC(NC(=NC)NCc2cccc([N+](=O)[O-])c2)C1.I. The van der Waals surface area contributed by atoms with E-state index >= 15 is 0 Å². The highest BCUT2D eigenvalue weighted by Crippen LogP contribution is 2.28. The Kier molecular flexibility index (Phi) is 10.2. The number of nitrogens with one attached hydrogen (secondary N) is 2. The minimum atomic E-state index is -0.371. The lowest BCUT2D eigenvalue weighted by Gasteiger charge is -2.30. The fraction of sp³-hybridized carbons (Fsp3) is 0.588. The zero-order valence-electron chi connectivity index (χ0n) is 14.7. The molecule has 0 amide bonds. The van der Waals surface area contributed by atoms with Gasteiger partial charge in [-0.15, -0.1) is 24.0 Å². The third-order valence-electron chi connectivity index (χ3n) is 4.17. The number of thioether (sulfide) groups is 1. The first kappa shape index (κ1) is 22.0. The number of nitro benzene ring substituents is 1. The molecule has 0 radical (unpaired) electrons. The molecule has 0 bridgehead atoms. The van der Waals surface area contributed by atoms with Crippen LogP contribution in [0.25, 0.3) is 0 Å². The Morgan fingerprint density at radius 1 is 1.44 bits per heavy atom. The van der Waals surface area contributed by atoms with Crippen LogP contribution >= 0.6 is 35.7 Å². The van der Waals surface area contributed by atoms with E-state index in [1.165, 1.54) is 18.9 Å². The van der Waals surface area contributed by atoms with Crippen molar-refractivity contribution in [1.29, 1.82) is 0 Å². The van der Waals surface area contributed by atoms with Gasteiger partial charge < -0.3 is 10.6 Å². The number of non-ortho nitro benzene ring substituents is 1. The Labute approximate surface area is 170 Å². The third-order valence-corrected chi connectivity index (χ3v) is 5.41. The number of halogens is 1. The van der Waals surface area contributed by atoms with E-state index in [4.69, 9.17) is 0 Å². The van der Waals surface area contributed by atoms with E-state index in [9.17, 15) is 10.1 Å². The predicted octanol–water partition coefficient (Wildman–Crippen LogP) is 3.94. The molecule has 8 heteroatoms. The van der Waals surface area contributed by atoms with Gasteiger partial charge in [-0.1, -0.05) is 25.5 Å². The lowest BCUT2D eigenvalue weighted by Crippen LogP contribution is -2.45. The second-order valence-electron chi connectivity index (χ2n) is 5.94. The summed E-state index contributed by atoms with van der Waals surface area (Å²) in [5.41, 5.74) is 0.985. The van der Waals surface area contributed by atoms with Crippen molar-refractivity contribution < 1.29 is 4.92 Å². The maximum atomic E-state index is 10.8. The topological polar surface area (TPSA) is 79.6 Å². The van der Waals surface area contributed by atoms with Crippen molar-refractivity contribution in [3.63, 3.8) is 0 Å². The van der Waals surface area contributed by atoms with Crippen LogP contribution in [0.1, 0.15) is 38.2 Å². The van der Waals surface area contributed by atoms with Gasteiger partial charge in [0.15, 0.2) is 5.96 Å². The number of nitro groups is 1. The van der Waals surface area contributed by atoms with Crippen molar-refractivity contribution in [1.82, 2.24) is 10.6 Å². The fourth-order valence-corrected chi connectivity index (χ4v) is 4.19. The van der Waals surface area contributed by atoms with Crippen LogP contribution in [0.4, 0.5) is 5.69 Å². The summed E-state index contributed by atoms with van der Waals surface area (Å²) < 4.78 is 0. The summed E-state index contributed by atoms with van der Waals surface area (Å²) in [6.45, 7) is 2.72. The van der Waals surface area contributed by atoms with E-state index in [-0.39, 0.29) is 34.6 Å². The zero-order valence-corrected chi connectivity index (χ0v) is 17.9. The molecular weight excluding hydrogens is 451 g/mol. The molecule has 2 N–H and O–H groups in total. The maximum Gasteiger partial charge on any atom is 0.269 e. The Morgan fingerprint density at radius 3 is 2.92 bits per heavy atom. The normalized spacial score (nSPS) is 20.5. The Bertz CT molecular complexity index is 584. The molecule has 0 aliphatic heterocycles. The van der Waals surface area contributed by atoms with Crippen LogP contribution in [0, 0.1) is 10.1 Å².